The van der Waals surface area contributed by atoms with E-state index in [1.165, 1.54) is 0 Å². The average molecular weight is 492 g/mol. The van der Waals surface area contributed by atoms with Gasteiger partial charge >= 0.3 is 12.0 Å². The van der Waals surface area contributed by atoms with Gasteiger partial charge in [0.1, 0.15) is 11.6 Å². The van der Waals surface area contributed by atoms with Crippen LogP contribution in [0.5, 0.6) is 0 Å². The first-order chi connectivity index (χ1) is 17.2. The van der Waals surface area contributed by atoms with Crippen molar-refractivity contribution >= 4 is 29.4 Å². The lowest BCUT2D eigenvalue weighted by atomic mass is 9.90. The first kappa shape index (κ1) is 24.9. The second-order valence-electron chi connectivity index (χ2n) is 9.44. The van der Waals surface area contributed by atoms with Crippen LogP contribution in [0.15, 0.2) is 59.3 Å². The number of urea groups is 1. The number of hydrogen-bond donors (Lipinski definition) is 3. The van der Waals surface area contributed by atoms with Gasteiger partial charge in [0.05, 0.1) is 24.1 Å². The molecule has 3 heterocycles. The van der Waals surface area contributed by atoms with Crippen molar-refractivity contribution in [3.8, 4) is 0 Å². The number of aliphatic carboxylic acids is 1. The molecule has 2 aromatic heterocycles. The van der Waals surface area contributed by atoms with Crippen molar-refractivity contribution in [3.05, 3.63) is 72.1 Å². The molecule has 1 aliphatic rings. The average Bonchev–Trinajstić information content (AvgIpc) is 3.50. The molecule has 1 atom stereocenters. The standard InChI is InChI=1S/C26H29N5O5/c1-26(2,24(33)34)14-22-28-16-20(36-22)19-9-6-12-31(19)23(32)13-17-10-11-21(27-15-17)30-25(35)29-18-7-4-3-5-8-18/h3-5,7-8,10-11,15-16,19H,6,9,12-14H2,1-2H3,(H,33,34)(H2,27,29,30,35). The van der Waals surface area contributed by atoms with Gasteiger partial charge < -0.3 is 19.7 Å². The van der Waals surface area contributed by atoms with E-state index in [9.17, 15) is 19.5 Å². The van der Waals surface area contributed by atoms with Crippen molar-refractivity contribution in [3.63, 3.8) is 0 Å². The number of benzene rings is 1. The lowest BCUT2D eigenvalue weighted by Gasteiger charge is -2.23. The van der Waals surface area contributed by atoms with Crippen molar-refractivity contribution in [1.29, 1.82) is 0 Å². The number of carboxylic acids is 1. The number of likely N-dealkylation sites (tertiary alicyclic amines) is 1. The van der Waals surface area contributed by atoms with E-state index in [1.807, 2.05) is 18.2 Å². The monoisotopic (exact) mass is 491 g/mol. The summed E-state index contributed by atoms with van der Waals surface area (Å²) in [5.41, 5.74) is 0.395. The first-order valence-electron chi connectivity index (χ1n) is 11.8. The summed E-state index contributed by atoms with van der Waals surface area (Å²) in [4.78, 5) is 46.9. The number of rotatable bonds is 8. The molecule has 10 nitrogen and oxygen atoms in total. The maximum absolute atomic E-state index is 13.1. The van der Waals surface area contributed by atoms with Crippen molar-refractivity contribution in [1.82, 2.24) is 14.9 Å². The lowest BCUT2D eigenvalue weighted by Crippen LogP contribution is -2.31. The summed E-state index contributed by atoms with van der Waals surface area (Å²) >= 11 is 0. The number of anilines is 2. The van der Waals surface area contributed by atoms with Gasteiger partial charge in [-0.2, -0.15) is 0 Å². The Bertz CT molecular complexity index is 1220. The summed E-state index contributed by atoms with van der Waals surface area (Å²) in [7, 11) is 0. The minimum absolute atomic E-state index is 0.0642. The molecule has 0 aliphatic carbocycles. The molecule has 3 N–H and O–H groups in total. The van der Waals surface area contributed by atoms with Crippen LogP contribution < -0.4 is 10.6 Å². The van der Waals surface area contributed by atoms with Gasteiger partial charge in [-0.25, -0.2) is 14.8 Å². The number of nitrogens with zero attached hydrogens (tertiary/aromatic N) is 3. The zero-order chi connectivity index (χ0) is 25.7. The smallest absolute Gasteiger partial charge is 0.324 e. The zero-order valence-electron chi connectivity index (χ0n) is 20.2. The van der Waals surface area contributed by atoms with Gasteiger partial charge in [-0.05, 0) is 50.5 Å². The fraction of sp³-hybridized carbons (Fsp3) is 0.346. The molecule has 1 aliphatic heterocycles. The number of oxazole rings is 1. The summed E-state index contributed by atoms with van der Waals surface area (Å²) in [5, 5.41) is 14.7. The normalized spacial score (nSPS) is 15.5. The third-order valence-corrected chi connectivity index (χ3v) is 6.10. The highest BCUT2D eigenvalue weighted by molar-refractivity contribution is 5.99. The molecular weight excluding hydrogens is 462 g/mol. The van der Waals surface area contributed by atoms with E-state index in [2.05, 4.69) is 20.6 Å². The number of carbonyl (C=O) groups excluding carboxylic acids is 2. The summed E-state index contributed by atoms with van der Waals surface area (Å²) in [6.45, 7) is 3.84. The molecule has 36 heavy (non-hydrogen) atoms. The largest absolute Gasteiger partial charge is 0.481 e. The van der Waals surface area contributed by atoms with Crippen LogP contribution in [0.4, 0.5) is 16.3 Å². The summed E-state index contributed by atoms with van der Waals surface area (Å²) < 4.78 is 5.85. The Labute approximate surface area is 208 Å². The fourth-order valence-corrected chi connectivity index (χ4v) is 4.05. The molecule has 188 valence electrons. The fourth-order valence-electron chi connectivity index (χ4n) is 4.05. The third-order valence-electron chi connectivity index (χ3n) is 6.10. The van der Waals surface area contributed by atoms with Gasteiger partial charge in [0.2, 0.25) is 5.91 Å². The molecule has 0 radical (unpaired) electrons. The zero-order valence-corrected chi connectivity index (χ0v) is 20.2. The molecule has 1 fully saturated rings. The second-order valence-corrected chi connectivity index (χ2v) is 9.44. The quantitative estimate of drug-likeness (QED) is 0.428. The van der Waals surface area contributed by atoms with E-state index in [0.29, 0.717) is 29.7 Å². The van der Waals surface area contributed by atoms with Crippen LogP contribution in [0.3, 0.4) is 0 Å². The Hall–Kier alpha value is -4.21. The minimum atomic E-state index is -0.996. The molecule has 0 bridgehead atoms. The van der Waals surface area contributed by atoms with Crippen LogP contribution in [-0.2, 0) is 22.4 Å². The van der Waals surface area contributed by atoms with Gasteiger partial charge in [-0.3, -0.25) is 14.9 Å². The van der Waals surface area contributed by atoms with Gasteiger partial charge in [0.15, 0.2) is 5.89 Å². The summed E-state index contributed by atoms with van der Waals surface area (Å²) in [5.74, 6) is 0.300. The molecule has 3 amide bonds. The maximum atomic E-state index is 13.1. The molecular formula is C26H29N5O5. The first-order valence-corrected chi connectivity index (χ1v) is 11.8. The van der Waals surface area contributed by atoms with E-state index < -0.39 is 17.4 Å². The van der Waals surface area contributed by atoms with Crippen molar-refractivity contribution < 1.29 is 23.9 Å². The number of carboxylic acid groups (broad SMARTS) is 1. The molecule has 10 heteroatoms. The number of para-hydroxylation sites is 1. The number of carbonyl (C=O) groups is 3. The third kappa shape index (κ3) is 6.07. The van der Waals surface area contributed by atoms with Gasteiger partial charge in [0, 0.05) is 24.8 Å². The van der Waals surface area contributed by atoms with E-state index in [-0.39, 0.29) is 24.8 Å². The molecule has 1 unspecified atom stereocenters. The lowest BCUT2D eigenvalue weighted by molar-refractivity contribution is -0.147. The van der Waals surface area contributed by atoms with Crippen LogP contribution in [0.25, 0.3) is 0 Å². The predicted octanol–water partition coefficient (Wildman–Crippen LogP) is 4.27. The van der Waals surface area contributed by atoms with E-state index in [4.69, 9.17) is 4.42 Å². The van der Waals surface area contributed by atoms with E-state index in [0.717, 1.165) is 18.4 Å². The van der Waals surface area contributed by atoms with Crippen LogP contribution in [-0.4, -0.2) is 44.4 Å². The summed E-state index contributed by atoms with van der Waals surface area (Å²) in [6, 6.07) is 11.8. The Kier molecular flexibility index (Phi) is 7.33. The number of hydrogen-bond acceptors (Lipinski definition) is 6. The Morgan fingerprint density at radius 1 is 1.08 bits per heavy atom. The van der Waals surface area contributed by atoms with Crippen molar-refractivity contribution in [2.24, 2.45) is 5.41 Å². The number of pyridine rings is 1. The van der Waals surface area contributed by atoms with Gasteiger partial charge in [-0.15, -0.1) is 0 Å². The topological polar surface area (TPSA) is 138 Å². The SMILES string of the molecule is CC(C)(Cc1ncc(C2CCCN2C(=O)Cc2ccc(NC(=O)Nc3ccccc3)nc2)o1)C(=O)O. The second kappa shape index (κ2) is 10.6. The van der Waals surface area contributed by atoms with Crippen LogP contribution in [0, 0.1) is 5.41 Å². The maximum Gasteiger partial charge on any atom is 0.324 e. The van der Waals surface area contributed by atoms with Gasteiger partial charge in [-0.1, -0.05) is 24.3 Å². The Morgan fingerprint density at radius 2 is 1.86 bits per heavy atom. The number of aromatic nitrogens is 2. The molecule has 3 aromatic rings. The van der Waals surface area contributed by atoms with Crippen molar-refractivity contribution in [2.45, 2.75) is 45.6 Å². The Balaban J connectivity index is 1.34. The molecule has 1 saturated heterocycles. The Morgan fingerprint density at radius 3 is 2.56 bits per heavy atom. The van der Waals surface area contributed by atoms with Crippen LogP contribution in [0.2, 0.25) is 0 Å². The number of amides is 3. The van der Waals surface area contributed by atoms with Gasteiger partial charge in [0.25, 0.3) is 0 Å². The highest BCUT2D eigenvalue weighted by Crippen LogP contribution is 2.34. The highest BCUT2D eigenvalue weighted by atomic mass is 16.4. The van der Waals surface area contributed by atoms with E-state index >= 15 is 0 Å². The molecule has 0 spiro atoms. The minimum Gasteiger partial charge on any atom is -0.481 e. The van der Waals surface area contributed by atoms with Crippen LogP contribution in [0.1, 0.15) is 49.9 Å². The molecule has 1 aromatic carbocycles. The molecule has 4 rings (SSSR count). The summed E-state index contributed by atoms with van der Waals surface area (Å²) in [6.07, 6.45) is 5.07. The highest BCUT2D eigenvalue weighted by Gasteiger charge is 2.34. The predicted molar refractivity (Wildman–Crippen MR) is 132 cm³/mol. The molecule has 0 saturated carbocycles. The number of nitrogens with one attached hydrogen (secondary N) is 2. The van der Waals surface area contributed by atoms with Crippen LogP contribution >= 0.6 is 0 Å². The van der Waals surface area contributed by atoms with E-state index in [1.54, 1.807) is 55.4 Å². The van der Waals surface area contributed by atoms with Crippen molar-refractivity contribution in [2.75, 3.05) is 17.2 Å².